The van der Waals surface area contributed by atoms with Crippen LogP contribution in [-0.2, 0) is 9.92 Å². The molecule has 4 rings (SSSR count). The summed E-state index contributed by atoms with van der Waals surface area (Å²) in [4.78, 5) is 9.88. The molecule has 1 aromatic heterocycles. The summed E-state index contributed by atoms with van der Waals surface area (Å²) in [5, 5.41) is 42.1. The first-order valence-corrected chi connectivity index (χ1v) is 9.95. The van der Waals surface area contributed by atoms with Gasteiger partial charge in [-0.15, -0.1) is 0 Å². The molecule has 0 aliphatic carbocycles. The minimum atomic E-state index is -2.06. The van der Waals surface area contributed by atoms with E-state index in [1.54, 1.807) is 16.7 Å². The summed E-state index contributed by atoms with van der Waals surface area (Å²) >= 11 is 7.76. The van der Waals surface area contributed by atoms with Crippen molar-refractivity contribution in [2.45, 2.75) is 36.0 Å². The van der Waals surface area contributed by atoms with Gasteiger partial charge in [-0.2, -0.15) is 16.8 Å². The van der Waals surface area contributed by atoms with E-state index < -0.39 is 36.0 Å². The van der Waals surface area contributed by atoms with Gasteiger partial charge in [-0.3, -0.25) is 9.47 Å². The van der Waals surface area contributed by atoms with Crippen molar-refractivity contribution in [1.82, 2.24) is 19.8 Å². The first-order chi connectivity index (χ1) is 12.8. The number of guanidine groups is 1. The van der Waals surface area contributed by atoms with Gasteiger partial charge in [0.2, 0.25) is 0 Å². The minimum Gasteiger partial charge on any atom is -0.387 e. The quantitative estimate of drug-likeness (QED) is 0.233. The first kappa shape index (κ1) is 19.2. The Morgan fingerprint density at radius 1 is 1.37 bits per heavy atom. The van der Waals surface area contributed by atoms with Gasteiger partial charge in [-0.1, -0.05) is 11.6 Å². The molecular formula is C14H21ClN6O5S. The van der Waals surface area contributed by atoms with Crippen LogP contribution in [0.2, 0.25) is 0 Å². The number of hydrogen-bond acceptors (Lipinski definition) is 11. The third-order valence-corrected chi connectivity index (χ3v) is 6.08. The van der Waals surface area contributed by atoms with Crippen molar-refractivity contribution in [1.29, 1.82) is 0 Å². The fourth-order valence-electron chi connectivity index (χ4n) is 3.47. The van der Waals surface area contributed by atoms with Gasteiger partial charge in [0.15, 0.2) is 23.7 Å². The van der Waals surface area contributed by atoms with Gasteiger partial charge >= 0.3 is 0 Å². The molecular weight excluding hydrogens is 400 g/mol. The van der Waals surface area contributed by atoms with Gasteiger partial charge in [0.05, 0.1) is 6.33 Å². The summed E-state index contributed by atoms with van der Waals surface area (Å²) in [5.41, 5.74) is 5.63. The normalized spacial score (nSPS) is 38.2. The first-order valence-electron chi connectivity index (χ1n) is 8.42. The smallest absolute Gasteiger partial charge is 0.265 e. The van der Waals surface area contributed by atoms with Crippen LogP contribution in [0.4, 0.5) is 5.82 Å². The van der Waals surface area contributed by atoms with E-state index in [4.69, 9.17) is 22.1 Å². The molecule has 0 aromatic carbocycles. The lowest BCUT2D eigenvalue weighted by Gasteiger charge is -2.34. The van der Waals surface area contributed by atoms with Crippen molar-refractivity contribution < 1.29 is 25.2 Å². The summed E-state index contributed by atoms with van der Waals surface area (Å²) in [7, 11) is 0. The van der Waals surface area contributed by atoms with Crippen LogP contribution in [0.1, 0.15) is 11.9 Å². The Morgan fingerprint density at radius 2 is 2.07 bits per heavy atom. The summed E-state index contributed by atoms with van der Waals surface area (Å²) in [6.45, 7) is 1.32. The average molecular weight is 421 g/mol. The average Bonchev–Trinajstić information content (AvgIpc) is 3.17. The fourth-order valence-corrected chi connectivity index (χ4v) is 4.63. The Hall–Kier alpha value is -1.12. The molecule has 150 valence electrons. The second-order valence-electron chi connectivity index (χ2n) is 6.60. The molecule has 2 unspecified atom stereocenters. The van der Waals surface area contributed by atoms with Crippen LogP contribution in [0.3, 0.4) is 0 Å². The molecule has 6 atom stereocenters. The zero-order valence-corrected chi connectivity index (χ0v) is 15.7. The topological polar surface area (TPSA) is 162 Å². The highest BCUT2D eigenvalue weighted by Gasteiger charge is 2.50. The summed E-state index contributed by atoms with van der Waals surface area (Å²) in [6, 6.07) is 0. The minimum absolute atomic E-state index is 0.0132. The molecule has 7 N–H and O–H groups in total. The van der Waals surface area contributed by atoms with Gasteiger partial charge in [0.1, 0.15) is 24.5 Å². The Morgan fingerprint density at radius 3 is 2.78 bits per heavy atom. The molecule has 0 amide bonds. The Balaban J connectivity index is 1.60. The van der Waals surface area contributed by atoms with E-state index in [1.165, 1.54) is 10.9 Å². The second-order valence-corrected chi connectivity index (χ2v) is 8.37. The van der Waals surface area contributed by atoms with Crippen molar-refractivity contribution in [2.75, 3.05) is 24.6 Å². The molecule has 27 heavy (non-hydrogen) atoms. The van der Waals surface area contributed by atoms with Crippen LogP contribution in [0, 0.1) is 0 Å². The summed E-state index contributed by atoms with van der Waals surface area (Å²) in [5.74, 6) is 1.69. The van der Waals surface area contributed by atoms with E-state index in [0.29, 0.717) is 13.1 Å². The van der Waals surface area contributed by atoms with Crippen LogP contribution >= 0.6 is 23.4 Å². The number of aliphatic hydroxyl groups is 4. The molecule has 3 aliphatic heterocycles. The number of rotatable bonds is 3. The highest BCUT2D eigenvalue weighted by Crippen LogP contribution is 2.39. The number of aliphatic hydroxyl groups excluding tert-OH is 3. The van der Waals surface area contributed by atoms with Crippen molar-refractivity contribution in [3.8, 4) is 0 Å². The molecule has 2 saturated heterocycles. The van der Waals surface area contributed by atoms with Gasteiger partial charge in [0, 0.05) is 24.6 Å². The number of thioether (sulfide) groups is 1. The molecule has 2 fully saturated rings. The summed E-state index contributed by atoms with van der Waals surface area (Å²) in [6.07, 6.45) is -4.58. The number of aliphatic imine (C=N–C) groups is 1. The van der Waals surface area contributed by atoms with Gasteiger partial charge in [-0.25, -0.2) is 4.98 Å². The number of nitrogens with one attached hydrogen (secondary N) is 1. The fraction of sp³-hybridized carbons (Fsp3) is 0.714. The van der Waals surface area contributed by atoms with Crippen LogP contribution in [0.25, 0.3) is 0 Å². The number of nitrogens with zero attached hydrogens (tertiary/aromatic N) is 4. The lowest BCUT2D eigenvalue weighted by molar-refractivity contribution is -0.137. The Labute approximate surface area is 163 Å². The third kappa shape index (κ3) is 3.29. The zero-order chi connectivity index (χ0) is 19.3. The maximum absolute atomic E-state index is 10.6. The number of imidazole rings is 1. The molecule has 0 radical (unpaired) electrons. The molecule has 0 saturated carbocycles. The van der Waals surface area contributed by atoms with E-state index in [9.17, 15) is 20.4 Å². The lowest BCUT2D eigenvalue weighted by Crippen LogP contribution is -2.51. The zero-order valence-electron chi connectivity index (χ0n) is 14.1. The van der Waals surface area contributed by atoms with E-state index in [1.807, 2.05) is 0 Å². The van der Waals surface area contributed by atoms with Crippen LogP contribution in [0.15, 0.2) is 11.3 Å². The van der Waals surface area contributed by atoms with Gasteiger partial charge < -0.3 is 36.2 Å². The second kappa shape index (κ2) is 7.04. The van der Waals surface area contributed by atoms with Crippen LogP contribution in [-0.4, -0.2) is 90.0 Å². The molecule has 11 nitrogen and oxygen atoms in total. The number of aromatic nitrogens is 2. The largest absolute Gasteiger partial charge is 0.387 e. The van der Waals surface area contributed by atoms with Crippen LogP contribution in [0.5, 0.6) is 0 Å². The third-order valence-electron chi connectivity index (χ3n) is 4.86. The summed E-state index contributed by atoms with van der Waals surface area (Å²) < 4.78 is 7.11. The number of halogens is 1. The molecule has 3 aliphatic rings. The van der Waals surface area contributed by atoms with E-state index in [0.717, 1.165) is 11.5 Å². The number of alkyl halides is 1. The molecule has 0 bridgehead atoms. The Bertz CT molecular complexity index is 742. The number of fused-ring (bicyclic) bond motifs is 1. The van der Waals surface area contributed by atoms with Crippen molar-refractivity contribution in [3.63, 3.8) is 0 Å². The number of nitrogens with two attached hydrogens (primary N) is 1. The van der Waals surface area contributed by atoms with E-state index in [-0.39, 0.29) is 17.5 Å². The van der Waals surface area contributed by atoms with Crippen molar-refractivity contribution in [3.05, 3.63) is 12.0 Å². The standard InChI is InChI=1S/C14H21ClN6O5S/c15-14(25)9-10(18-13(16)19-14)21(5-17-9)12-7(23)6(22)8(26-12)11(24)20-1-3-27-4-2-20/h5-8,11-12,22-25H,1-4H2,(H3,16,18,19)/t6-,7+,8-,11?,12+,14?/m0/s1. The monoisotopic (exact) mass is 420 g/mol. The SMILES string of the molecule is NC1=Nc2c(ncn2[C@@H]2O[C@H](C(O)N3CCSCC3)[C@@H](O)[C@H]2O)C(O)(Cl)N1. The highest BCUT2D eigenvalue weighted by atomic mass is 35.5. The van der Waals surface area contributed by atoms with Crippen molar-refractivity contribution >= 4 is 35.1 Å². The maximum atomic E-state index is 10.6. The predicted molar refractivity (Wildman–Crippen MR) is 97.2 cm³/mol. The predicted octanol–water partition coefficient (Wildman–Crippen LogP) is -2.24. The highest BCUT2D eigenvalue weighted by molar-refractivity contribution is 7.99. The number of ether oxygens (including phenoxy) is 1. The van der Waals surface area contributed by atoms with Crippen LogP contribution < -0.4 is 11.1 Å². The van der Waals surface area contributed by atoms with E-state index in [2.05, 4.69) is 15.3 Å². The van der Waals surface area contributed by atoms with Gasteiger partial charge in [-0.05, 0) is 0 Å². The maximum Gasteiger partial charge on any atom is 0.265 e. The molecule has 4 heterocycles. The number of hydrogen-bond donors (Lipinski definition) is 6. The molecule has 13 heteroatoms. The Kier molecular flexibility index (Phi) is 5.01. The van der Waals surface area contributed by atoms with E-state index >= 15 is 0 Å². The molecule has 1 aromatic rings. The lowest BCUT2D eigenvalue weighted by atomic mass is 10.1. The van der Waals surface area contributed by atoms with Gasteiger partial charge in [0.25, 0.3) is 5.18 Å². The van der Waals surface area contributed by atoms with Crippen molar-refractivity contribution in [2.24, 2.45) is 10.7 Å². The molecule has 0 spiro atoms.